The Kier molecular flexibility index (Phi) is 6.59. The average molecular weight is 447 g/mol. The first-order valence-corrected chi connectivity index (χ1v) is 9.83. The molecule has 1 aromatic heterocycles. The number of nitrogens with one attached hydrogen (secondary N) is 2. The number of rotatable bonds is 9. The van der Waals surface area contributed by atoms with E-state index < -0.39 is 12.0 Å². The van der Waals surface area contributed by atoms with Crippen molar-refractivity contribution in [3.05, 3.63) is 58.2 Å². The van der Waals surface area contributed by atoms with E-state index in [-0.39, 0.29) is 0 Å². The number of methoxy groups -OCH3 is 1. The lowest BCUT2D eigenvalue weighted by atomic mass is 10.0. The van der Waals surface area contributed by atoms with Gasteiger partial charge in [0.1, 0.15) is 6.04 Å². The largest absolute Gasteiger partial charge is 0.493 e. The van der Waals surface area contributed by atoms with Crippen molar-refractivity contribution in [1.82, 2.24) is 10.3 Å². The second kappa shape index (κ2) is 9.12. The summed E-state index contributed by atoms with van der Waals surface area (Å²) < 4.78 is 11.8. The number of carbonyl (C=O) groups is 1. The number of para-hydroxylation sites is 1. The summed E-state index contributed by atoms with van der Waals surface area (Å²) in [6.45, 7) is 2.80. The first-order valence-electron chi connectivity index (χ1n) is 9.03. The maximum atomic E-state index is 11.8. The van der Waals surface area contributed by atoms with Crippen LogP contribution >= 0.6 is 15.9 Å². The van der Waals surface area contributed by atoms with Crippen LogP contribution in [0, 0.1) is 0 Å². The summed E-state index contributed by atoms with van der Waals surface area (Å²) in [6, 6.07) is 10.9. The van der Waals surface area contributed by atoms with Gasteiger partial charge in [-0.2, -0.15) is 0 Å². The SMILES string of the molecule is CCOc1cc(CNC(Cc2c[nH]c3ccccc23)C(=O)O)c(Br)cc1OC. The highest BCUT2D eigenvalue weighted by atomic mass is 79.9. The number of hydrogen-bond acceptors (Lipinski definition) is 4. The molecule has 0 fully saturated rings. The number of H-pyrrole nitrogens is 1. The van der Waals surface area contributed by atoms with E-state index in [9.17, 15) is 9.90 Å². The molecule has 2 aromatic carbocycles. The van der Waals surface area contributed by atoms with Gasteiger partial charge in [0, 0.05) is 34.5 Å². The molecular weight excluding hydrogens is 424 g/mol. The molecule has 0 saturated carbocycles. The maximum absolute atomic E-state index is 11.8. The Hall–Kier alpha value is -2.51. The Morgan fingerprint density at radius 2 is 2.04 bits per heavy atom. The molecule has 1 heterocycles. The Labute approximate surface area is 172 Å². The first-order chi connectivity index (χ1) is 13.5. The number of carboxylic acids is 1. The van der Waals surface area contributed by atoms with Gasteiger partial charge >= 0.3 is 5.97 Å². The maximum Gasteiger partial charge on any atom is 0.321 e. The number of hydrogen-bond donors (Lipinski definition) is 3. The van der Waals surface area contributed by atoms with Crippen molar-refractivity contribution >= 4 is 32.8 Å². The highest BCUT2D eigenvalue weighted by molar-refractivity contribution is 9.10. The van der Waals surface area contributed by atoms with Crippen LogP contribution in [0.4, 0.5) is 0 Å². The fourth-order valence-corrected chi connectivity index (χ4v) is 3.60. The fraction of sp³-hybridized carbons (Fsp3) is 0.286. The number of ether oxygens (including phenoxy) is 2. The van der Waals surface area contributed by atoms with Gasteiger partial charge in [-0.3, -0.25) is 10.1 Å². The fourth-order valence-electron chi connectivity index (χ4n) is 3.14. The van der Waals surface area contributed by atoms with Crippen molar-refractivity contribution in [2.75, 3.05) is 13.7 Å². The molecule has 0 aliphatic heterocycles. The lowest BCUT2D eigenvalue weighted by molar-refractivity contribution is -0.139. The smallest absolute Gasteiger partial charge is 0.321 e. The van der Waals surface area contributed by atoms with Gasteiger partial charge in [0.15, 0.2) is 11.5 Å². The molecule has 7 heteroatoms. The minimum atomic E-state index is -0.889. The topological polar surface area (TPSA) is 83.6 Å². The van der Waals surface area contributed by atoms with Gasteiger partial charge in [-0.25, -0.2) is 0 Å². The number of aromatic amines is 1. The molecule has 0 saturated heterocycles. The molecule has 0 spiro atoms. The van der Waals surface area contributed by atoms with Crippen molar-refractivity contribution in [3.8, 4) is 11.5 Å². The van der Waals surface area contributed by atoms with E-state index in [1.54, 1.807) is 7.11 Å². The number of aliphatic carboxylic acids is 1. The lowest BCUT2D eigenvalue weighted by Crippen LogP contribution is -2.38. The zero-order chi connectivity index (χ0) is 20.1. The highest BCUT2D eigenvalue weighted by Crippen LogP contribution is 2.33. The van der Waals surface area contributed by atoms with E-state index in [4.69, 9.17) is 9.47 Å². The Morgan fingerprint density at radius 1 is 1.25 bits per heavy atom. The first kappa shape index (κ1) is 20.2. The van der Waals surface area contributed by atoms with E-state index >= 15 is 0 Å². The molecule has 28 heavy (non-hydrogen) atoms. The van der Waals surface area contributed by atoms with Crippen LogP contribution in [-0.4, -0.2) is 35.8 Å². The summed E-state index contributed by atoms with van der Waals surface area (Å²) in [5, 5.41) is 13.9. The predicted octanol–water partition coefficient (Wildman–Crippen LogP) is 4.12. The zero-order valence-corrected chi connectivity index (χ0v) is 17.4. The minimum absolute atomic E-state index is 0.379. The number of halogens is 1. The van der Waals surface area contributed by atoms with Gasteiger partial charge < -0.3 is 19.6 Å². The Balaban J connectivity index is 1.77. The molecule has 3 aromatic rings. The van der Waals surface area contributed by atoms with Crippen molar-refractivity contribution < 1.29 is 19.4 Å². The molecule has 6 nitrogen and oxygen atoms in total. The van der Waals surface area contributed by atoms with E-state index in [2.05, 4.69) is 26.2 Å². The van der Waals surface area contributed by atoms with Crippen molar-refractivity contribution in [2.45, 2.75) is 25.9 Å². The molecule has 3 N–H and O–H groups in total. The number of benzene rings is 2. The van der Waals surface area contributed by atoms with Crippen LogP contribution < -0.4 is 14.8 Å². The number of fused-ring (bicyclic) bond motifs is 1. The van der Waals surface area contributed by atoms with E-state index in [1.807, 2.05) is 49.5 Å². The number of aromatic nitrogens is 1. The summed E-state index contributed by atoms with van der Waals surface area (Å²) in [4.78, 5) is 15.0. The van der Waals surface area contributed by atoms with Crippen LogP contribution in [0.3, 0.4) is 0 Å². The van der Waals surface area contributed by atoms with Crippen LogP contribution in [0.15, 0.2) is 47.1 Å². The van der Waals surface area contributed by atoms with Gasteiger partial charge in [-0.15, -0.1) is 0 Å². The Bertz CT molecular complexity index is 970. The van der Waals surface area contributed by atoms with Crippen LogP contribution in [0.2, 0.25) is 0 Å². The van der Waals surface area contributed by atoms with Gasteiger partial charge in [0.05, 0.1) is 13.7 Å². The third-order valence-corrected chi connectivity index (χ3v) is 5.31. The van der Waals surface area contributed by atoms with Crippen LogP contribution in [0.25, 0.3) is 10.9 Å². The van der Waals surface area contributed by atoms with Crippen LogP contribution in [-0.2, 0) is 17.8 Å². The van der Waals surface area contributed by atoms with E-state index in [0.717, 1.165) is 26.5 Å². The number of carboxylic acid groups (broad SMARTS) is 1. The molecule has 0 amide bonds. The monoisotopic (exact) mass is 446 g/mol. The van der Waals surface area contributed by atoms with Gasteiger partial charge in [0.2, 0.25) is 0 Å². The highest BCUT2D eigenvalue weighted by Gasteiger charge is 2.20. The minimum Gasteiger partial charge on any atom is -0.493 e. The van der Waals surface area contributed by atoms with E-state index in [1.165, 1.54) is 0 Å². The summed E-state index contributed by atoms with van der Waals surface area (Å²) in [7, 11) is 1.59. The molecule has 0 aliphatic carbocycles. The summed E-state index contributed by atoms with van der Waals surface area (Å²) in [6.07, 6.45) is 2.25. The second-order valence-corrected chi connectivity index (χ2v) is 7.22. The third kappa shape index (κ3) is 4.48. The molecule has 1 atom stereocenters. The van der Waals surface area contributed by atoms with Gasteiger partial charge in [-0.1, -0.05) is 34.1 Å². The summed E-state index contributed by atoms with van der Waals surface area (Å²) >= 11 is 3.53. The zero-order valence-electron chi connectivity index (χ0n) is 15.8. The third-order valence-electron chi connectivity index (χ3n) is 4.57. The molecule has 0 radical (unpaired) electrons. The van der Waals surface area contributed by atoms with Gasteiger partial charge in [0.25, 0.3) is 0 Å². The molecule has 148 valence electrons. The molecular formula is C21H23BrN2O4. The van der Waals surface area contributed by atoms with Crippen LogP contribution in [0.1, 0.15) is 18.1 Å². The summed E-state index contributed by atoms with van der Waals surface area (Å²) in [5.41, 5.74) is 2.87. The van der Waals surface area contributed by atoms with Crippen molar-refractivity contribution in [1.29, 1.82) is 0 Å². The molecule has 3 rings (SSSR count). The quantitative estimate of drug-likeness (QED) is 0.460. The van der Waals surface area contributed by atoms with Crippen molar-refractivity contribution in [3.63, 3.8) is 0 Å². The van der Waals surface area contributed by atoms with Crippen molar-refractivity contribution in [2.24, 2.45) is 0 Å². The standard InChI is InChI=1S/C21H23BrN2O4/c1-3-28-20-9-14(16(22)10-19(20)27-2)12-24-18(21(25)26)8-13-11-23-17-7-5-4-6-15(13)17/h4-7,9-11,18,23-24H,3,8,12H2,1-2H3,(H,25,26). The predicted molar refractivity (Wildman–Crippen MR) is 112 cm³/mol. The molecule has 0 aliphatic rings. The summed E-state index contributed by atoms with van der Waals surface area (Å²) in [5.74, 6) is 0.375. The lowest BCUT2D eigenvalue weighted by Gasteiger charge is -2.17. The molecule has 1 unspecified atom stereocenters. The second-order valence-electron chi connectivity index (χ2n) is 6.36. The average Bonchev–Trinajstić information content (AvgIpc) is 3.09. The Morgan fingerprint density at radius 3 is 2.75 bits per heavy atom. The molecule has 0 bridgehead atoms. The van der Waals surface area contributed by atoms with E-state index in [0.29, 0.717) is 31.1 Å². The normalized spacial score (nSPS) is 12.1. The van der Waals surface area contributed by atoms with Gasteiger partial charge in [-0.05, 0) is 36.2 Å². The van der Waals surface area contributed by atoms with Crippen LogP contribution in [0.5, 0.6) is 11.5 Å².